The van der Waals surface area contributed by atoms with Crippen LogP contribution in [0.25, 0.3) is 0 Å². The van der Waals surface area contributed by atoms with Crippen molar-refractivity contribution in [1.29, 1.82) is 0 Å². The average molecular weight is 274 g/mol. The fourth-order valence-corrected chi connectivity index (χ4v) is 2.71. The van der Waals surface area contributed by atoms with Gasteiger partial charge in [0.25, 0.3) is 0 Å². The molecule has 3 saturated carbocycles. The monoisotopic (exact) mass is 274 g/mol. The van der Waals surface area contributed by atoms with Crippen LogP contribution in [0.4, 0.5) is 0 Å². The van der Waals surface area contributed by atoms with Gasteiger partial charge in [-0.25, -0.2) is 9.78 Å². The molecule has 0 aromatic carbocycles. The quantitative estimate of drug-likeness (QED) is 0.494. The fourth-order valence-electron chi connectivity index (χ4n) is 2.71. The first-order chi connectivity index (χ1) is 6.29. The minimum atomic E-state index is -0.625. The molecule has 1 radical (unpaired) electrons. The van der Waals surface area contributed by atoms with Gasteiger partial charge in [0, 0.05) is 45.6 Å². The maximum atomic E-state index is 5.18. The minimum Gasteiger partial charge on any atom is -0.340 e. The molecular weight excluding hydrogens is 261 g/mol. The minimum absolute atomic E-state index is 0. The Morgan fingerprint density at radius 1 is 1.07 bits per heavy atom. The Labute approximate surface area is 108 Å². The number of rotatable bonds is 0. The van der Waals surface area contributed by atoms with Crippen LogP contribution in [0.1, 0.15) is 19.3 Å². The molecule has 3 aliphatic carbocycles. The Kier molecular flexibility index (Phi) is 3.33. The third-order valence-electron chi connectivity index (χ3n) is 3.48. The van der Waals surface area contributed by atoms with Crippen molar-refractivity contribution in [2.24, 2.45) is 17.8 Å². The largest absolute Gasteiger partial charge is 0.340 e. The molecule has 1 spiro atoms. The van der Waals surface area contributed by atoms with Gasteiger partial charge in [-0.1, -0.05) is 18.3 Å². The summed E-state index contributed by atoms with van der Waals surface area (Å²) in [5.41, 5.74) is 0. The molecule has 4 fully saturated rings. The summed E-state index contributed by atoms with van der Waals surface area (Å²) in [4.78, 5) is 20.0. The van der Waals surface area contributed by atoms with Crippen LogP contribution in [-0.2, 0) is 52.3 Å². The molecule has 2 atom stereocenters. The topological polar surface area (TPSA) is 36.9 Å². The molecule has 2 bridgehead atoms. The Balaban J connectivity index is 0.000000750. The van der Waals surface area contributed by atoms with Gasteiger partial charge in [0.1, 0.15) is 0 Å². The van der Waals surface area contributed by atoms with Crippen LogP contribution in [-0.4, -0.2) is 12.6 Å². The van der Waals surface area contributed by atoms with Crippen LogP contribution in [0.15, 0.2) is 0 Å². The third-order valence-corrected chi connectivity index (χ3v) is 3.48. The van der Waals surface area contributed by atoms with Gasteiger partial charge in [0.05, 0.1) is 0 Å². The number of hydrogen-bond donors (Lipinski definition) is 0. The van der Waals surface area contributed by atoms with Crippen LogP contribution < -0.4 is 0 Å². The van der Waals surface area contributed by atoms with Crippen LogP contribution in [0, 0.1) is 24.7 Å². The summed E-state index contributed by atoms with van der Waals surface area (Å²) in [6, 6.07) is 0. The van der Waals surface area contributed by atoms with Gasteiger partial charge in [-0.2, -0.15) is 15.7 Å². The summed E-state index contributed by atoms with van der Waals surface area (Å²) in [5, 5.41) is 0. The van der Waals surface area contributed by atoms with Gasteiger partial charge in [0.2, 0.25) is 12.6 Å². The molecule has 1 saturated heterocycles. The maximum absolute atomic E-state index is 5.18. The van der Waals surface area contributed by atoms with Crippen LogP contribution in [0.5, 0.6) is 0 Å². The molecule has 0 amide bonds. The molecule has 5 heteroatoms. The SMILES string of the molecule is [CH2-]C1C2CC1CC1(C2)OOCOO1.[Y]. The Bertz CT molecular complexity index is 203. The van der Waals surface area contributed by atoms with E-state index in [-0.39, 0.29) is 39.5 Å². The molecule has 0 N–H and O–H groups in total. The van der Waals surface area contributed by atoms with Crippen molar-refractivity contribution >= 4 is 0 Å². The zero-order valence-electron chi connectivity index (χ0n) is 7.98. The first-order valence-electron chi connectivity index (χ1n) is 4.73. The Morgan fingerprint density at radius 3 is 2.14 bits per heavy atom. The maximum Gasteiger partial charge on any atom is 0.234 e. The molecular formula is C9H13O4Y-. The molecule has 4 rings (SSSR count). The van der Waals surface area contributed by atoms with E-state index in [4.69, 9.17) is 19.6 Å². The van der Waals surface area contributed by atoms with Crippen molar-refractivity contribution in [3.63, 3.8) is 0 Å². The van der Waals surface area contributed by atoms with E-state index < -0.39 is 5.79 Å². The van der Waals surface area contributed by atoms with E-state index in [9.17, 15) is 0 Å². The van der Waals surface area contributed by atoms with E-state index in [1.165, 1.54) is 6.42 Å². The summed E-state index contributed by atoms with van der Waals surface area (Å²) in [6.45, 7) is 4.17. The molecule has 14 heavy (non-hydrogen) atoms. The first-order valence-corrected chi connectivity index (χ1v) is 4.73. The van der Waals surface area contributed by atoms with E-state index in [2.05, 4.69) is 6.92 Å². The average Bonchev–Trinajstić information content (AvgIpc) is 2.18. The molecule has 4 nitrogen and oxygen atoms in total. The van der Waals surface area contributed by atoms with Crippen molar-refractivity contribution in [1.82, 2.24) is 0 Å². The third kappa shape index (κ3) is 1.70. The zero-order valence-corrected chi connectivity index (χ0v) is 10.8. The van der Waals surface area contributed by atoms with E-state index in [1.807, 2.05) is 0 Å². The molecule has 1 aliphatic heterocycles. The molecule has 4 aliphatic rings. The van der Waals surface area contributed by atoms with Crippen molar-refractivity contribution in [3.8, 4) is 0 Å². The summed E-state index contributed by atoms with van der Waals surface area (Å²) in [5.74, 6) is 1.17. The van der Waals surface area contributed by atoms with Crippen LogP contribution in [0.3, 0.4) is 0 Å². The van der Waals surface area contributed by atoms with Gasteiger partial charge in [-0.05, 0) is 0 Å². The van der Waals surface area contributed by atoms with Gasteiger partial charge in [0.15, 0.2) is 0 Å². The summed E-state index contributed by atoms with van der Waals surface area (Å²) >= 11 is 0. The van der Waals surface area contributed by atoms with Gasteiger partial charge < -0.3 is 6.92 Å². The van der Waals surface area contributed by atoms with Crippen molar-refractivity contribution in [2.45, 2.75) is 25.0 Å². The van der Waals surface area contributed by atoms with Crippen molar-refractivity contribution in [3.05, 3.63) is 6.92 Å². The van der Waals surface area contributed by atoms with E-state index in [0.717, 1.165) is 12.8 Å². The van der Waals surface area contributed by atoms with Crippen molar-refractivity contribution in [2.75, 3.05) is 6.79 Å². The number of hydrogen-bond acceptors (Lipinski definition) is 4. The van der Waals surface area contributed by atoms with Gasteiger partial charge >= 0.3 is 0 Å². The van der Waals surface area contributed by atoms with Crippen molar-refractivity contribution < 1.29 is 52.3 Å². The second-order valence-corrected chi connectivity index (χ2v) is 4.26. The van der Waals surface area contributed by atoms with Gasteiger partial charge in [-0.15, -0.1) is 0 Å². The van der Waals surface area contributed by atoms with E-state index in [1.54, 1.807) is 0 Å². The zero-order chi connectivity index (χ0) is 8.89. The molecule has 2 unspecified atom stereocenters. The predicted molar refractivity (Wildman–Crippen MR) is 41.6 cm³/mol. The first kappa shape index (κ1) is 11.4. The molecule has 0 aromatic rings. The van der Waals surface area contributed by atoms with E-state index in [0.29, 0.717) is 17.8 Å². The molecule has 1 heterocycles. The fraction of sp³-hybridized carbons (Fsp3) is 0.889. The Morgan fingerprint density at radius 2 is 1.64 bits per heavy atom. The summed E-state index contributed by atoms with van der Waals surface area (Å²) < 4.78 is 0. The standard InChI is InChI=1S/C9H13O4.Y/c1-6-7-2-8(6)4-9(3-7)12-10-5-11-13-9;/h6-8H,1-5H2;/q-1;. The van der Waals surface area contributed by atoms with Crippen LogP contribution in [0.2, 0.25) is 0 Å². The Hall–Kier alpha value is 0.944. The van der Waals surface area contributed by atoms with Crippen LogP contribution >= 0.6 is 0 Å². The normalized spacial score (nSPS) is 43.9. The van der Waals surface area contributed by atoms with E-state index >= 15 is 0 Å². The molecule has 77 valence electrons. The second kappa shape index (κ2) is 4.07. The smallest absolute Gasteiger partial charge is 0.234 e. The summed E-state index contributed by atoms with van der Waals surface area (Å²) in [7, 11) is 0. The molecule has 0 aromatic heterocycles. The second-order valence-electron chi connectivity index (χ2n) is 4.26. The van der Waals surface area contributed by atoms with Gasteiger partial charge in [-0.3, -0.25) is 0 Å². The predicted octanol–water partition coefficient (Wildman–Crippen LogP) is 1.43. The summed E-state index contributed by atoms with van der Waals surface area (Å²) in [6.07, 6.45) is 2.94.